The molecule has 3 rings (SSSR count). The summed E-state index contributed by atoms with van der Waals surface area (Å²) in [5.41, 5.74) is 0. The first-order valence-electron chi connectivity index (χ1n) is 8.02. The van der Waals surface area contributed by atoms with Gasteiger partial charge in [-0.25, -0.2) is 0 Å². The predicted molar refractivity (Wildman–Crippen MR) is 101 cm³/mol. The Hall–Kier alpha value is -2.11. The quantitative estimate of drug-likeness (QED) is 0.618. The second-order valence-electron chi connectivity index (χ2n) is 5.32. The van der Waals surface area contributed by atoms with Crippen molar-refractivity contribution in [2.45, 2.75) is 13.3 Å². The third-order valence-corrected chi connectivity index (χ3v) is 6.08. The van der Waals surface area contributed by atoms with Crippen molar-refractivity contribution in [3.63, 3.8) is 0 Å². The van der Waals surface area contributed by atoms with E-state index in [1.165, 1.54) is 15.9 Å². The van der Waals surface area contributed by atoms with E-state index < -0.39 is 7.92 Å². The van der Waals surface area contributed by atoms with Crippen molar-refractivity contribution in [2.75, 3.05) is 6.61 Å². The van der Waals surface area contributed by atoms with Crippen LogP contribution in [0.5, 0.6) is 5.75 Å². The standard InChI is InChI=1S/C21H21OP/c1-2-17-22-20-15-9-10-16-21(20)23(18-11-5-3-6-12-18)19-13-7-4-8-14-19/h3-16H,2,17H2,1H3. The fourth-order valence-corrected chi connectivity index (χ4v) is 4.95. The van der Waals surface area contributed by atoms with E-state index in [0.717, 1.165) is 18.8 Å². The topological polar surface area (TPSA) is 9.23 Å². The molecule has 0 radical (unpaired) electrons. The van der Waals surface area contributed by atoms with Crippen LogP contribution in [-0.4, -0.2) is 6.61 Å². The van der Waals surface area contributed by atoms with Crippen molar-refractivity contribution < 1.29 is 4.74 Å². The maximum atomic E-state index is 6.03. The Balaban J connectivity index is 2.10. The summed E-state index contributed by atoms with van der Waals surface area (Å²) in [6.45, 7) is 2.89. The van der Waals surface area contributed by atoms with Crippen molar-refractivity contribution in [3.8, 4) is 5.75 Å². The molecular formula is C21H21OP. The van der Waals surface area contributed by atoms with Crippen molar-refractivity contribution >= 4 is 23.8 Å². The molecule has 0 aliphatic carbocycles. The number of hydrogen-bond acceptors (Lipinski definition) is 1. The molecule has 0 fully saturated rings. The molecule has 0 spiro atoms. The summed E-state index contributed by atoms with van der Waals surface area (Å²) in [5, 5.41) is 3.98. The number of hydrogen-bond donors (Lipinski definition) is 0. The largest absolute Gasteiger partial charge is 0.493 e. The van der Waals surface area contributed by atoms with E-state index in [4.69, 9.17) is 4.74 Å². The molecule has 0 bridgehead atoms. The van der Waals surface area contributed by atoms with Crippen LogP contribution in [0.3, 0.4) is 0 Å². The lowest BCUT2D eigenvalue weighted by molar-refractivity contribution is 0.320. The first-order valence-corrected chi connectivity index (χ1v) is 9.36. The molecule has 1 nitrogen and oxygen atoms in total. The normalized spacial score (nSPS) is 10.7. The van der Waals surface area contributed by atoms with Gasteiger partial charge in [-0.05, 0) is 31.0 Å². The zero-order valence-electron chi connectivity index (χ0n) is 13.4. The first-order chi connectivity index (χ1) is 11.4. The van der Waals surface area contributed by atoms with Crippen LogP contribution in [0, 0.1) is 0 Å². The molecule has 0 N–H and O–H groups in total. The Morgan fingerprint density at radius 3 is 1.78 bits per heavy atom. The smallest absolute Gasteiger partial charge is 0.127 e. The highest BCUT2D eigenvalue weighted by molar-refractivity contribution is 7.80. The number of rotatable bonds is 6. The van der Waals surface area contributed by atoms with Crippen molar-refractivity contribution in [3.05, 3.63) is 84.9 Å². The molecule has 0 atom stereocenters. The SMILES string of the molecule is CCCOc1ccccc1P(c1ccccc1)c1ccccc1. The molecular weight excluding hydrogens is 299 g/mol. The van der Waals surface area contributed by atoms with Crippen LogP contribution in [0.25, 0.3) is 0 Å². The maximum Gasteiger partial charge on any atom is 0.127 e. The van der Waals surface area contributed by atoms with E-state index in [-0.39, 0.29) is 0 Å². The molecule has 0 aliphatic rings. The first kappa shape index (κ1) is 15.8. The van der Waals surface area contributed by atoms with Crippen molar-refractivity contribution in [2.24, 2.45) is 0 Å². The highest BCUT2D eigenvalue weighted by Gasteiger charge is 2.19. The van der Waals surface area contributed by atoms with Crippen LogP contribution in [0.4, 0.5) is 0 Å². The van der Waals surface area contributed by atoms with Gasteiger partial charge in [0.15, 0.2) is 0 Å². The Labute approximate surface area is 139 Å². The lowest BCUT2D eigenvalue weighted by Gasteiger charge is -2.22. The maximum absolute atomic E-state index is 6.03. The van der Waals surface area contributed by atoms with Gasteiger partial charge in [0, 0.05) is 5.30 Å². The molecule has 0 amide bonds. The second kappa shape index (κ2) is 7.94. The van der Waals surface area contributed by atoms with Gasteiger partial charge in [0.2, 0.25) is 0 Å². The summed E-state index contributed by atoms with van der Waals surface area (Å²) < 4.78 is 6.03. The molecule has 23 heavy (non-hydrogen) atoms. The third-order valence-electron chi connectivity index (χ3n) is 3.60. The monoisotopic (exact) mass is 320 g/mol. The van der Waals surface area contributed by atoms with Gasteiger partial charge in [0.25, 0.3) is 0 Å². The summed E-state index contributed by atoms with van der Waals surface area (Å²) in [7, 11) is -0.608. The van der Waals surface area contributed by atoms with Gasteiger partial charge in [-0.3, -0.25) is 0 Å². The summed E-state index contributed by atoms with van der Waals surface area (Å²) in [6, 6.07) is 29.9. The minimum absolute atomic E-state index is 0.608. The number of para-hydroxylation sites is 1. The van der Waals surface area contributed by atoms with Crippen LogP contribution in [-0.2, 0) is 0 Å². The molecule has 2 heteroatoms. The van der Waals surface area contributed by atoms with Gasteiger partial charge in [-0.1, -0.05) is 85.8 Å². The van der Waals surface area contributed by atoms with Gasteiger partial charge in [-0.15, -0.1) is 0 Å². The average Bonchev–Trinajstić information content (AvgIpc) is 2.63. The van der Waals surface area contributed by atoms with Gasteiger partial charge in [-0.2, -0.15) is 0 Å². The average molecular weight is 320 g/mol. The van der Waals surface area contributed by atoms with E-state index in [2.05, 4.69) is 91.9 Å². The highest BCUT2D eigenvalue weighted by Crippen LogP contribution is 2.36. The fourth-order valence-electron chi connectivity index (χ4n) is 2.56. The second-order valence-corrected chi connectivity index (χ2v) is 7.51. The van der Waals surface area contributed by atoms with Gasteiger partial charge in [0.1, 0.15) is 5.75 Å². The van der Waals surface area contributed by atoms with Crippen LogP contribution in [0.1, 0.15) is 13.3 Å². The van der Waals surface area contributed by atoms with Crippen LogP contribution < -0.4 is 20.7 Å². The summed E-state index contributed by atoms with van der Waals surface area (Å²) in [5.74, 6) is 1.01. The third kappa shape index (κ3) is 3.81. The Kier molecular flexibility index (Phi) is 5.45. The van der Waals surface area contributed by atoms with E-state index in [1.807, 2.05) is 0 Å². The molecule has 0 saturated heterocycles. The fraction of sp³-hybridized carbons (Fsp3) is 0.143. The summed E-state index contributed by atoms with van der Waals surface area (Å²) in [6.07, 6.45) is 1.02. The van der Waals surface area contributed by atoms with E-state index >= 15 is 0 Å². The molecule has 116 valence electrons. The van der Waals surface area contributed by atoms with Crippen LogP contribution in [0.15, 0.2) is 84.9 Å². The van der Waals surface area contributed by atoms with E-state index in [9.17, 15) is 0 Å². The van der Waals surface area contributed by atoms with E-state index in [0.29, 0.717) is 0 Å². The molecule has 0 unspecified atom stereocenters. The number of benzene rings is 3. The Morgan fingerprint density at radius 1 is 0.696 bits per heavy atom. The molecule has 0 aromatic heterocycles. The Bertz CT molecular complexity index is 686. The van der Waals surface area contributed by atoms with Crippen molar-refractivity contribution in [1.29, 1.82) is 0 Å². The van der Waals surface area contributed by atoms with Gasteiger partial charge < -0.3 is 4.74 Å². The summed E-state index contributed by atoms with van der Waals surface area (Å²) in [4.78, 5) is 0. The van der Waals surface area contributed by atoms with Crippen molar-refractivity contribution in [1.82, 2.24) is 0 Å². The lowest BCUT2D eigenvalue weighted by atomic mass is 10.3. The summed E-state index contributed by atoms with van der Waals surface area (Å²) >= 11 is 0. The zero-order valence-corrected chi connectivity index (χ0v) is 14.2. The molecule has 0 heterocycles. The minimum Gasteiger partial charge on any atom is -0.493 e. The predicted octanol–water partition coefficient (Wildman–Crippen LogP) is 4.23. The minimum atomic E-state index is -0.608. The number of ether oxygens (including phenoxy) is 1. The zero-order chi connectivity index (χ0) is 15.9. The molecule has 3 aromatic carbocycles. The molecule has 0 aliphatic heterocycles. The van der Waals surface area contributed by atoms with Gasteiger partial charge >= 0.3 is 0 Å². The van der Waals surface area contributed by atoms with E-state index in [1.54, 1.807) is 0 Å². The van der Waals surface area contributed by atoms with Gasteiger partial charge in [0.05, 0.1) is 6.61 Å². The Morgan fingerprint density at radius 2 is 1.22 bits per heavy atom. The molecule has 3 aromatic rings. The highest BCUT2D eigenvalue weighted by atomic mass is 31.1. The lowest BCUT2D eigenvalue weighted by Crippen LogP contribution is -2.22. The molecule has 0 saturated carbocycles. The van der Waals surface area contributed by atoms with Crippen LogP contribution in [0.2, 0.25) is 0 Å². The van der Waals surface area contributed by atoms with Crippen LogP contribution >= 0.6 is 7.92 Å².